The van der Waals surface area contributed by atoms with E-state index >= 15 is 0 Å². The smallest absolute Gasteiger partial charge is 0.123 e. The van der Waals surface area contributed by atoms with Crippen molar-refractivity contribution in [3.8, 4) is 5.75 Å². The van der Waals surface area contributed by atoms with E-state index in [0.717, 1.165) is 31.9 Å². The maximum Gasteiger partial charge on any atom is 0.123 e. The summed E-state index contributed by atoms with van der Waals surface area (Å²) in [5.41, 5.74) is 2.57. The van der Waals surface area contributed by atoms with E-state index in [1.54, 1.807) is 0 Å². The monoisotopic (exact) mass is 354 g/mol. The fraction of sp³-hybridized carbons (Fsp3) is 0.455. The summed E-state index contributed by atoms with van der Waals surface area (Å²) in [5.74, 6) is 0.890. The van der Waals surface area contributed by atoms with Crippen LogP contribution in [0.3, 0.4) is 0 Å². The van der Waals surface area contributed by atoms with Crippen LogP contribution in [-0.2, 0) is 13.1 Å². The third kappa shape index (κ3) is 5.31. The van der Waals surface area contributed by atoms with Crippen LogP contribution in [0.5, 0.6) is 5.75 Å². The van der Waals surface area contributed by atoms with Gasteiger partial charge in [-0.2, -0.15) is 0 Å². The van der Waals surface area contributed by atoms with Crippen molar-refractivity contribution < 1.29 is 9.84 Å². The van der Waals surface area contributed by atoms with Crippen molar-refractivity contribution in [2.24, 2.45) is 0 Å². The topological polar surface area (TPSA) is 35.9 Å². The molecule has 4 nitrogen and oxygen atoms in total. The molecule has 3 rings (SSSR count). The normalized spacial score (nSPS) is 18.2. The first-order chi connectivity index (χ1) is 12.8. The molecule has 140 valence electrons. The predicted octanol–water partition coefficient (Wildman–Crippen LogP) is 3.15. The Bertz CT molecular complexity index is 662. The van der Waals surface area contributed by atoms with Crippen LogP contribution in [0.2, 0.25) is 0 Å². The van der Waals surface area contributed by atoms with Gasteiger partial charge in [-0.1, -0.05) is 48.5 Å². The Labute approximate surface area is 157 Å². The van der Waals surface area contributed by atoms with E-state index in [9.17, 15) is 0 Å². The number of likely N-dealkylation sites (tertiary alicyclic amines) is 1. The van der Waals surface area contributed by atoms with Gasteiger partial charge in [-0.3, -0.25) is 9.80 Å². The molecule has 1 atom stereocenters. The van der Waals surface area contributed by atoms with Crippen molar-refractivity contribution in [1.29, 1.82) is 0 Å². The number of benzene rings is 2. The first kappa shape index (κ1) is 18.9. The number of hydrogen-bond acceptors (Lipinski definition) is 4. The van der Waals surface area contributed by atoms with Gasteiger partial charge in [0.25, 0.3) is 0 Å². The second kappa shape index (κ2) is 9.72. The summed E-state index contributed by atoms with van der Waals surface area (Å²) in [7, 11) is 2.24. The first-order valence-corrected chi connectivity index (χ1v) is 9.54. The number of aliphatic hydroxyl groups excluding tert-OH is 1. The number of likely N-dealkylation sites (N-methyl/N-ethyl adjacent to an activating group) is 1. The summed E-state index contributed by atoms with van der Waals surface area (Å²) in [6.07, 6.45) is 2.48. The molecule has 4 heteroatoms. The Kier molecular flexibility index (Phi) is 7.06. The number of hydrogen-bond donors (Lipinski definition) is 1. The van der Waals surface area contributed by atoms with Crippen molar-refractivity contribution in [2.75, 3.05) is 33.4 Å². The lowest BCUT2D eigenvalue weighted by Gasteiger charge is -2.38. The molecule has 2 aromatic carbocycles. The van der Waals surface area contributed by atoms with Crippen molar-refractivity contribution in [2.45, 2.75) is 32.0 Å². The summed E-state index contributed by atoms with van der Waals surface area (Å²) < 4.78 is 5.69. The lowest BCUT2D eigenvalue weighted by Crippen LogP contribution is -2.45. The van der Waals surface area contributed by atoms with E-state index in [1.807, 2.05) is 12.1 Å². The van der Waals surface area contributed by atoms with E-state index in [-0.39, 0.29) is 6.61 Å². The highest BCUT2D eigenvalue weighted by Gasteiger charge is 2.23. The highest BCUT2D eigenvalue weighted by molar-refractivity contribution is 5.33. The van der Waals surface area contributed by atoms with Crippen LogP contribution in [0.15, 0.2) is 54.6 Å². The molecule has 1 heterocycles. The van der Waals surface area contributed by atoms with Crippen LogP contribution in [0, 0.1) is 0 Å². The largest absolute Gasteiger partial charge is 0.491 e. The minimum absolute atomic E-state index is 0.0460. The van der Waals surface area contributed by atoms with Gasteiger partial charge in [0.05, 0.1) is 6.61 Å². The van der Waals surface area contributed by atoms with Gasteiger partial charge < -0.3 is 9.84 Å². The number of rotatable bonds is 8. The highest BCUT2D eigenvalue weighted by Crippen LogP contribution is 2.23. The van der Waals surface area contributed by atoms with Gasteiger partial charge in [0.15, 0.2) is 0 Å². The van der Waals surface area contributed by atoms with Crippen LogP contribution in [0.25, 0.3) is 0 Å². The molecule has 1 N–H and O–H groups in total. The lowest BCUT2D eigenvalue weighted by atomic mass is 10.0. The quantitative estimate of drug-likeness (QED) is 0.790. The Morgan fingerprint density at radius 1 is 1.12 bits per heavy atom. The number of nitrogens with zero attached hydrogens (tertiary/aromatic N) is 2. The molecule has 1 fully saturated rings. The van der Waals surface area contributed by atoms with Crippen LogP contribution < -0.4 is 4.74 Å². The van der Waals surface area contributed by atoms with Crippen molar-refractivity contribution in [1.82, 2.24) is 9.80 Å². The SMILES string of the molecule is CN(Cc1ccccc1)[C@H]1CCCN(Cc2ccccc2OCCO)C1. The minimum atomic E-state index is 0.0460. The second-order valence-electron chi connectivity index (χ2n) is 7.11. The van der Waals surface area contributed by atoms with Crippen LogP contribution >= 0.6 is 0 Å². The molecule has 0 amide bonds. The summed E-state index contributed by atoms with van der Waals surface area (Å²) >= 11 is 0. The number of piperidine rings is 1. The van der Waals surface area contributed by atoms with E-state index < -0.39 is 0 Å². The summed E-state index contributed by atoms with van der Waals surface area (Å²) in [6, 6.07) is 19.4. The predicted molar refractivity (Wildman–Crippen MR) is 105 cm³/mol. The van der Waals surface area contributed by atoms with E-state index in [0.29, 0.717) is 12.6 Å². The number of para-hydroxylation sites is 1. The zero-order valence-electron chi connectivity index (χ0n) is 15.7. The van der Waals surface area contributed by atoms with E-state index in [1.165, 1.54) is 24.0 Å². The second-order valence-corrected chi connectivity index (χ2v) is 7.11. The standard InChI is InChI=1S/C22H30N2O2/c1-23(16-19-8-3-2-4-9-19)21-11-7-13-24(18-21)17-20-10-5-6-12-22(20)26-15-14-25/h2-6,8-10,12,21,25H,7,11,13-18H2,1H3/t21-/m0/s1. The zero-order chi connectivity index (χ0) is 18.2. The maximum atomic E-state index is 9.02. The Balaban J connectivity index is 1.58. The maximum absolute atomic E-state index is 9.02. The molecule has 2 aromatic rings. The molecule has 0 bridgehead atoms. The van der Waals surface area contributed by atoms with Gasteiger partial charge in [0.1, 0.15) is 12.4 Å². The minimum Gasteiger partial charge on any atom is -0.491 e. The number of aliphatic hydroxyl groups is 1. The average molecular weight is 354 g/mol. The third-order valence-electron chi connectivity index (χ3n) is 5.09. The lowest BCUT2D eigenvalue weighted by molar-refractivity contribution is 0.106. The molecule has 0 saturated carbocycles. The fourth-order valence-corrected chi connectivity index (χ4v) is 3.71. The van der Waals surface area contributed by atoms with Crippen molar-refractivity contribution in [3.63, 3.8) is 0 Å². The fourth-order valence-electron chi connectivity index (χ4n) is 3.71. The number of ether oxygens (including phenoxy) is 1. The van der Waals surface area contributed by atoms with Gasteiger partial charge in [0.2, 0.25) is 0 Å². The zero-order valence-corrected chi connectivity index (χ0v) is 15.7. The van der Waals surface area contributed by atoms with Crippen molar-refractivity contribution >= 4 is 0 Å². The van der Waals surface area contributed by atoms with Gasteiger partial charge >= 0.3 is 0 Å². The molecule has 0 spiro atoms. The summed E-state index contributed by atoms with van der Waals surface area (Å²) in [6.45, 7) is 4.50. The molecule has 0 aliphatic carbocycles. The molecular formula is C22H30N2O2. The highest BCUT2D eigenvalue weighted by atomic mass is 16.5. The van der Waals surface area contributed by atoms with Crippen LogP contribution in [-0.4, -0.2) is 54.3 Å². The third-order valence-corrected chi connectivity index (χ3v) is 5.09. The Hall–Kier alpha value is -1.88. The Morgan fingerprint density at radius 2 is 1.88 bits per heavy atom. The van der Waals surface area contributed by atoms with E-state index in [4.69, 9.17) is 9.84 Å². The average Bonchev–Trinajstić information content (AvgIpc) is 2.68. The summed E-state index contributed by atoms with van der Waals surface area (Å²) in [5, 5.41) is 9.02. The van der Waals surface area contributed by atoms with Crippen LogP contribution in [0.1, 0.15) is 24.0 Å². The molecule has 26 heavy (non-hydrogen) atoms. The molecule has 0 radical (unpaired) electrons. The van der Waals surface area contributed by atoms with Gasteiger partial charge in [-0.15, -0.1) is 0 Å². The van der Waals surface area contributed by atoms with Gasteiger partial charge in [-0.25, -0.2) is 0 Å². The molecular weight excluding hydrogens is 324 g/mol. The molecule has 0 aromatic heterocycles. The Morgan fingerprint density at radius 3 is 2.69 bits per heavy atom. The molecule has 1 aliphatic heterocycles. The van der Waals surface area contributed by atoms with Crippen molar-refractivity contribution in [3.05, 3.63) is 65.7 Å². The van der Waals surface area contributed by atoms with E-state index in [2.05, 4.69) is 59.3 Å². The first-order valence-electron chi connectivity index (χ1n) is 9.54. The van der Waals surface area contributed by atoms with Crippen LogP contribution in [0.4, 0.5) is 0 Å². The summed E-state index contributed by atoms with van der Waals surface area (Å²) in [4.78, 5) is 5.01. The van der Waals surface area contributed by atoms with Gasteiger partial charge in [-0.05, 0) is 38.1 Å². The molecule has 1 aliphatic rings. The molecule has 0 unspecified atom stereocenters. The molecule has 1 saturated heterocycles. The van der Waals surface area contributed by atoms with Gasteiger partial charge in [0, 0.05) is 31.2 Å².